The molecule has 0 unspecified atom stereocenters. The van der Waals surface area contributed by atoms with Gasteiger partial charge in [-0.1, -0.05) is 12.1 Å². The van der Waals surface area contributed by atoms with E-state index in [1.165, 1.54) is 17.4 Å². The van der Waals surface area contributed by atoms with Crippen LogP contribution in [-0.2, 0) is 13.0 Å². The Morgan fingerprint density at radius 2 is 2.22 bits per heavy atom. The lowest BCUT2D eigenvalue weighted by Crippen LogP contribution is -1.96. The first kappa shape index (κ1) is 12.5. The highest BCUT2D eigenvalue weighted by Gasteiger charge is 2.09. The number of para-hydroxylation sites is 1. The first-order chi connectivity index (χ1) is 8.70. The van der Waals surface area contributed by atoms with Crippen molar-refractivity contribution in [1.29, 1.82) is 5.26 Å². The summed E-state index contributed by atoms with van der Waals surface area (Å²) < 4.78 is 18.7. The predicted octanol–water partition coefficient (Wildman–Crippen LogP) is 3.24. The Kier molecular flexibility index (Phi) is 3.90. The lowest BCUT2D eigenvalue weighted by molar-refractivity contribution is 0.289. The van der Waals surface area contributed by atoms with Gasteiger partial charge in [0.05, 0.1) is 18.2 Å². The molecular weight excluding hydrogens is 251 g/mol. The monoisotopic (exact) mass is 262 g/mol. The standard InChI is InChI=1S/C13H11FN2OS/c1-9-12(6-7-15)18-13(16-9)8-17-11-5-3-2-4-10(11)14/h2-5H,6,8H2,1H3. The van der Waals surface area contributed by atoms with Crippen LogP contribution in [0.5, 0.6) is 5.75 Å². The third-order valence-corrected chi connectivity index (χ3v) is 3.50. The molecule has 0 radical (unpaired) electrons. The van der Waals surface area contributed by atoms with Crippen LogP contribution in [0.15, 0.2) is 24.3 Å². The number of rotatable bonds is 4. The topological polar surface area (TPSA) is 45.9 Å². The van der Waals surface area contributed by atoms with E-state index in [0.29, 0.717) is 6.42 Å². The molecule has 0 amide bonds. The molecule has 18 heavy (non-hydrogen) atoms. The number of ether oxygens (including phenoxy) is 1. The van der Waals surface area contributed by atoms with Crippen LogP contribution in [0.25, 0.3) is 0 Å². The number of benzene rings is 1. The van der Waals surface area contributed by atoms with E-state index in [1.807, 2.05) is 6.92 Å². The molecule has 1 aromatic carbocycles. The van der Waals surface area contributed by atoms with Crippen molar-refractivity contribution in [2.45, 2.75) is 20.0 Å². The van der Waals surface area contributed by atoms with Crippen molar-refractivity contribution in [3.8, 4) is 11.8 Å². The van der Waals surface area contributed by atoms with Gasteiger partial charge >= 0.3 is 0 Å². The Hall–Kier alpha value is -1.93. The lowest BCUT2D eigenvalue weighted by atomic mass is 10.3. The van der Waals surface area contributed by atoms with E-state index >= 15 is 0 Å². The zero-order valence-corrected chi connectivity index (χ0v) is 10.6. The summed E-state index contributed by atoms with van der Waals surface area (Å²) in [5.74, 6) is -0.171. The summed E-state index contributed by atoms with van der Waals surface area (Å²) in [5.41, 5.74) is 0.841. The molecule has 3 nitrogen and oxygen atoms in total. The minimum Gasteiger partial charge on any atom is -0.483 e. The Morgan fingerprint density at radius 1 is 1.44 bits per heavy atom. The van der Waals surface area contributed by atoms with Crippen LogP contribution in [0.1, 0.15) is 15.6 Å². The zero-order chi connectivity index (χ0) is 13.0. The van der Waals surface area contributed by atoms with Crippen LogP contribution in [0.3, 0.4) is 0 Å². The van der Waals surface area contributed by atoms with Crippen LogP contribution in [0, 0.1) is 24.1 Å². The first-order valence-corrected chi connectivity index (χ1v) is 6.22. The van der Waals surface area contributed by atoms with Gasteiger partial charge in [0.2, 0.25) is 0 Å². The van der Waals surface area contributed by atoms with E-state index < -0.39 is 0 Å². The van der Waals surface area contributed by atoms with E-state index in [0.717, 1.165) is 15.6 Å². The maximum absolute atomic E-state index is 13.3. The largest absolute Gasteiger partial charge is 0.483 e. The highest BCUT2D eigenvalue weighted by molar-refractivity contribution is 7.11. The van der Waals surface area contributed by atoms with Gasteiger partial charge in [0.25, 0.3) is 0 Å². The minimum absolute atomic E-state index is 0.215. The number of halogens is 1. The number of hydrogen-bond donors (Lipinski definition) is 0. The molecule has 0 aliphatic heterocycles. The normalized spacial score (nSPS) is 10.1. The molecule has 1 aromatic heterocycles. The molecule has 0 N–H and O–H groups in total. The van der Waals surface area contributed by atoms with Crippen LogP contribution >= 0.6 is 11.3 Å². The van der Waals surface area contributed by atoms with Gasteiger partial charge in [-0.25, -0.2) is 9.37 Å². The molecule has 2 rings (SSSR count). The van der Waals surface area contributed by atoms with Crippen molar-refractivity contribution in [2.24, 2.45) is 0 Å². The molecule has 0 atom stereocenters. The van der Waals surface area contributed by atoms with Crippen molar-refractivity contribution in [1.82, 2.24) is 4.98 Å². The summed E-state index contributed by atoms with van der Waals surface area (Å²) in [5, 5.41) is 9.40. The molecule has 0 fully saturated rings. The van der Waals surface area contributed by atoms with Crippen molar-refractivity contribution < 1.29 is 9.13 Å². The fourth-order valence-corrected chi connectivity index (χ4v) is 2.40. The number of aryl methyl sites for hydroxylation is 1. The molecule has 2 aromatic rings. The summed E-state index contributed by atoms with van der Waals surface area (Å²) in [4.78, 5) is 5.23. The smallest absolute Gasteiger partial charge is 0.165 e. The Morgan fingerprint density at radius 3 is 2.94 bits per heavy atom. The summed E-state index contributed by atoms with van der Waals surface area (Å²) in [6.45, 7) is 2.08. The van der Waals surface area contributed by atoms with Gasteiger partial charge in [-0.2, -0.15) is 5.26 Å². The maximum Gasteiger partial charge on any atom is 0.165 e. The SMILES string of the molecule is Cc1nc(COc2ccccc2F)sc1CC#N. The van der Waals surface area contributed by atoms with Crippen LogP contribution in [-0.4, -0.2) is 4.98 Å². The average Bonchev–Trinajstić information content (AvgIpc) is 2.70. The van der Waals surface area contributed by atoms with Gasteiger partial charge in [0.15, 0.2) is 11.6 Å². The van der Waals surface area contributed by atoms with Crippen LogP contribution in [0.2, 0.25) is 0 Å². The van der Waals surface area contributed by atoms with Gasteiger partial charge in [-0.3, -0.25) is 0 Å². The highest BCUT2D eigenvalue weighted by Crippen LogP contribution is 2.21. The molecule has 0 aliphatic rings. The van der Waals surface area contributed by atoms with Crippen molar-refractivity contribution in [3.05, 3.63) is 45.7 Å². The third kappa shape index (κ3) is 2.84. The molecular formula is C13H11FN2OS. The van der Waals surface area contributed by atoms with Gasteiger partial charge in [0.1, 0.15) is 11.6 Å². The molecule has 92 valence electrons. The second-order valence-corrected chi connectivity index (χ2v) is 4.84. The summed E-state index contributed by atoms with van der Waals surface area (Å²) in [7, 11) is 0. The van der Waals surface area contributed by atoms with E-state index in [1.54, 1.807) is 18.2 Å². The minimum atomic E-state index is -0.386. The van der Waals surface area contributed by atoms with Gasteiger partial charge in [-0.15, -0.1) is 11.3 Å². The van der Waals surface area contributed by atoms with E-state index in [-0.39, 0.29) is 18.2 Å². The van der Waals surface area contributed by atoms with Crippen molar-refractivity contribution in [3.63, 3.8) is 0 Å². The molecule has 0 saturated heterocycles. The molecule has 5 heteroatoms. The Labute approximate surface area is 108 Å². The molecule has 1 heterocycles. The maximum atomic E-state index is 13.3. The van der Waals surface area contributed by atoms with Crippen molar-refractivity contribution in [2.75, 3.05) is 0 Å². The predicted molar refractivity (Wildman–Crippen MR) is 66.9 cm³/mol. The third-order valence-electron chi connectivity index (χ3n) is 2.36. The summed E-state index contributed by atoms with van der Waals surface area (Å²) in [6, 6.07) is 8.34. The van der Waals surface area contributed by atoms with Crippen molar-refractivity contribution >= 4 is 11.3 Å². The fraction of sp³-hybridized carbons (Fsp3) is 0.231. The van der Waals surface area contributed by atoms with Crippen LogP contribution in [0.4, 0.5) is 4.39 Å². The Bertz CT molecular complexity index is 589. The molecule has 0 bridgehead atoms. The summed E-state index contributed by atoms with van der Waals surface area (Å²) in [6.07, 6.45) is 0.350. The Balaban J connectivity index is 2.05. The second kappa shape index (κ2) is 5.61. The number of nitriles is 1. The second-order valence-electron chi connectivity index (χ2n) is 3.67. The fourth-order valence-electron chi connectivity index (χ4n) is 1.49. The number of aromatic nitrogens is 1. The van der Waals surface area contributed by atoms with Crippen LogP contribution < -0.4 is 4.74 Å². The average molecular weight is 262 g/mol. The molecule has 0 aliphatic carbocycles. The molecule has 0 spiro atoms. The van der Waals surface area contributed by atoms with Gasteiger partial charge < -0.3 is 4.74 Å². The van der Waals surface area contributed by atoms with E-state index in [4.69, 9.17) is 10.00 Å². The number of nitrogens with zero attached hydrogens (tertiary/aromatic N) is 2. The lowest BCUT2D eigenvalue weighted by Gasteiger charge is -2.04. The molecule has 0 saturated carbocycles. The zero-order valence-electron chi connectivity index (χ0n) is 9.81. The van der Waals surface area contributed by atoms with E-state index in [9.17, 15) is 4.39 Å². The van der Waals surface area contributed by atoms with Gasteiger partial charge in [0, 0.05) is 4.88 Å². The number of hydrogen-bond acceptors (Lipinski definition) is 4. The highest BCUT2D eigenvalue weighted by atomic mass is 32.1. The first-order valence-electron chi connectivity index (χ1n) is 5.40. The van der Waals surface area contributed by atoms with Gasteiger partial charge in [-0.05, 0) is 19.1 Å². The number of thiazole rings is 1. The van der Waals surface area contributed by atoms with E-state index in [2.05, 4.69) is 11.1 Å². The summed E-state index contributed by atoms with van der Waals surface area (Å²) >= 11 is 1.43. The quantitative estimate of drug-likeness (QED) is 0.849.